The molecule has 0 saturated heterocycles. The zero-order valence-corrected chi connectivity index (χ0v) is 16.1. The molecule has 0 aliphatic rings. The monoisotopic (exact) mass is 405 g/mol. The Balaban J connectivity index is 1.90. The van der Waals surface area contributed by atoms with Crippen molar-refractivity contribution in [2.24, 2.45) is 0 Å². The lowest BCUT2D eigenvalue weighted by atomic mass is 10.2. The van der Waals surface area contributed by atoms with Crippen LogP contribution in [0.25, 0.3) is 0 Å². The first-order valence-electron chi connectivity index (χ1n) is 7.88. The summed E-state index contributed by atoms with van der Waals surface area (Å²) in [6.45, 7) is 3.36. The second-order valence-corrected chi connectivity index (χ2v) is 8.68. The summed E-state index contributed by atoms with van der Waals surface area (Å²) in [5, 5.41) is 3.07. The van der Waals surface area contributed by atoms with Gasteiger partial charge in [0.1, 0.15) is 5.82 Å². The molecule has 9 heteroatoms. The number of carbonyl (C=O) groups is 1. The molecule has 0 atom stereocenters. The van der Waals surface area contributed by atoms with E-state index < -0.39 is 21.7 Å². The van der Waals surface area contributed by atoms with Crippen LogP contribution in [0.1, 0.15) is 20.8 Å². The molecule has 3 aromatic rings. The highest BCUT2D eigenvalue weighted by Gasteiger charge is 2.21. The van der Waals surface area contributed by atoms with Crippen molar-refractivity contribution in [2.75, 3.05) is 10.0 Å². The maximum absolute atomic E-state index is 13.3. The molecule has 2 N–H and O–H groups in total. The van der Waals surface area contributed by atoms with E-state index in [1.807, 2.05) is 6.92 Å². The van der Waals surface area contributed by atoms with Gasteiger partial charge in [-0.2, -0.15) is 0 Å². The molecule has 6 nitrogen and oxygen atoms in total. The molecule has 0 aliphatic heterocycles. The van der Waals surface area contributed by atoms with Crippen molar-refractivity contribution in [1.82, 2.24) is 4.98 Å². The second-order valence-electron chi connectivity index (χ2n) is 5.79. The van der Waals surface area contributed by atoms with Gasteiger partial charge in [-0.15, -0.1) is 11.3 Å². The van der Waals surface area contributed by atoms with Crippen LogP contribution < -0.4 is 10.0 Å². The lowest BCUT2D eigenvalue weighted by molar-refractivity contribution is 0.102. The Kier molecular flexibility index (Phi) is 5.24. The smallest absolute Gasteiger partial charge is 0.262 e. The molecule has 140 valence electrons. The first-order chi connectivity index (χ1) is 12.8. The van der Waals surface area contributed by atoms with Crippen LogP contribution in [0.2, 0.25) is 0 Å². The average molecular weight is 405 g/mol. The van der Waals surface area contributed by atoms with Crippen molar-refractivity contribution >= 4 is 38.1 Å². The Hall–Kier alpha value is -2.78. The van der Waals surface area contributed by atoms with Crippen LogP contribution in [0.15, 0.2) is 53.6 Å². The summed E-state index contributed by atoms with van der Waals surface area (Å²) in [6.07, 6.45) is 1.63. The van der Waals surface area contributed by atoms with Crippen LogP contribution in [0.5, 0.6) is 0 Å². The van der Waals surface area contributed by atoms with E-state index in [4.69, 9.17) is 0 Å². The Morgan fingerprint density at radius 1 is 1.15 bits per heavy atom. The Morgan fingerprint density at radius 2 is 1.89 bits per heavy atom. The minimum Gasteiger partial charge on any atom is -0.298 e. The van der Waals surface area contributed by atoms with E-state index in [-0.39, 0.29) is 21.7 Å². The number of sulfonamides is 1. The number of aromatic nitrogens is 1. The van der Waals surface area contributed by atoms with Crippen LogP contribution in [0.3, 0.4) is 0 Å². The number of amides is 1. The van der Waals surface area contributed by atoms with Gasteiger partial charge in [-0.3, -0.25) is 14.8 Å². The number of hydrogen-bond donors (Lipinski definition) is 2. The van der Waals surface area contributed by atoms with Gasteiger partial charge in [-0.1, -0.05) is 12.1 Å². The molecule has 0 saturated carbocycles. The fraction of sp³-hybridized carbons (Fsp3) is 0.111. The lowest BCUT2D eigenvalue weighted by Crippen LogP contribution is -2.19. The number of anilines is 2. The molecule has 0 fully saturated rings. The quantitative estimate of drug-likeness (QED) is 0.673. The van der Waals surface area contributed by atoms with Crippen molar-refractivity contribution in [1.29, 1.82) is 0 Å². The minimum absolute atomic E-state index is 0.0605. The molecular formula is C18H16FN3O3S2. The molecular weight excluding hydrogens is 389 g/mol. The third kappa shape index (κ3) is 4.32. The molecule has 0 radical (unpaired) electrons. The summed E-state index contributed by atoms with van der Waals surface area (Å²) in [5.41, 5.74) is 0.531. The maximum Gasteiger partial charge on any atom is 0.262 e. The van der Waals surface area contributed by atoms with Crippen LogP contribution in [-0.4, -0.2) is 19.3 Å². The van der Waals surface area contributed by atoms with Crippen LogP contribution >= 0.6 is 11.3 Å². The minimum atomic E-state index is -4.00. The number of halogens is 1. The number of thiazole rings is 1. The third-order valence-electron chi connectivity index (χ3n) is 3.68. The van der Waals surface area contributed by atoms with Crippen molar-refractivity contribution < 1.29 is 17.6 Å². The van der Waals surface area contributed by atoms with Gasteiger partial charge in [-0.05, 0) is 49.7 Å². The van der Waals surface area contributed by atoms with Crippen LogP contribution in [0, 0.1) is 19.7 Å². The van der Waals surface area contributed by atoms with E-state index in [0.717, 1.165) is 17.0 Å². The number of benzene rings is 2. The third-order valence-corrected chi connectivity index (χ3v) is 6.04. The van der Waals surface area contributed by atoms with Crippen molar-refractivity contribution in [3.05, 3.63) is 70.5 Å². The Morgan fingerprint density at radius 3 is 2.56 bits per heavy atom. The largest absolute Gasteiger partial charge is 0.298 e. The van der Waals surface area contributed by atoms with Crippen molar-refractivity contribution in [2.45, 2.75) is 18.7 Å². The summed E-state index contributed by atoms with van der Waals surface area (Å²) in [5.74, 6) is -1.01. The van der Waals surface area contributed by atoms with Gasteiger partial charge >= 0.3 is 0 Å². The molecule has 0 aliphatic carbocycles. The number of rotatable bonds is 5. The number of aryl methyl sites for hydroxylation is 2. The highest BCUT2D eigenvalue weighted by atomic mass is 32.2. The standard InChI is InChI=1S/C18H16FN3O3S2/c1-11-9-13(19)7-8-16(11)27(24,25)22-15-6-4-3-5-14(15)17(23)21-18-20-10-12(2)26-18/h3-10,22H,1-2H3,(H,20,21,23). The van der Waals surface area contributed by atoms with Crippen LogP contribution in [-0.2, 0) is 10.0 Å². The van der Waals surface area contributed by atoms with Gasteiger partial charge in [-0.25, -0.2) is 17.8 Å². The molecule has 0 unspecified atom stereocenters. The van der Waals surface area contributed by atoms with Crippen LogP contribution in [0.4, 0.5) is 15.2 Å². The van der Waals surface area contributed by atoms with Gasteiger partial charge in [0, 0.05) is 11.1 Å². The van der Waals surface area contributed by atoms with Gasteiger partial charge in [0.2, 0.25) is 0 Å². The summed E-state index contributed by atoms with van der Waals surface area (Å²) in [4.78, 5) is 17.5. The van der Waals surface area contributed by atoms with Crippen molar-refractivity contribution in [3.8, 4) is 0 Å². The van der Waals surface area contributed by atoms with E-state index in [9.17, 15) is 17.6 Å². The summed E-state index contributed by atoms with van der Waals surface area (Å²) < 4.78 is 41.1. The molecule has 1 amide bonds. The average Bonchev–Trinajstić information content (AvgIpc) is 2.99. The highest BCUT2D eigenvalue weighted by Crippen LogP contribution is 2.24. The number of nitrogens with zero attached hydrogens (tertiary/aromatic N) is 1. The number of hydrogen-bond acceptors (Lipinski definition) is 5. The van der Waals surface area contributed by atoms with Gasteiger partial charge in [0.25, 0.3) is 15.9 Å². The van der Waals surface area contributed by atoms with E-state index in [0.29, 0.717) is 5.13 Å². The molecule has 3 rings (SSSR count). The molecule has 0 bridgehead atoms. The first-order valence-corrected chi connectivity index (χ1v) is 10.2. The number of carbonyl (C=O) groups excluding carboxylic acids is 1. The zero-order valence-electron chi connectivity index (χ0n) is 14.5. The topological polar surface area (TPSA) is 88.2 Å². The summed E-state index contributed by atoms with van der Waals surface area (Å²) in [6, 6.07) is 9.63. The zero-order chi connectivity index (χ0) is 19.6. The fourth-order valence-electron chi connectivity index (χ4n) is 2.46. The highest BCUT2D eigenvalue weighted by molar-refractivity contribution is 7.92. The molecule has 1 heterocycles. The maximum atomic E-state index is 13.3. The molecule has 2 aromatic carbocycles. The Labute approximate surface area is 160 Å². The molecule has 0 spiro atoms. The van der Waals surface area contributed by atoms with Gasteiger partial charge in [0.15, 0.2) is 5.13 Å². The van der Waals surface area contributed by atoms with E-state index in [1.54, 1.807) is 18.3 Å². The normalized spacial score (nSPS) is 11.2. The fourth-order valence-corrected chi connectivity index (χ4v) is 4.43. The van der Waals surface area contributed by atoms with E-state index >= 15 is 0 Å². The molecule has 1 aromatic heterocycles. The van der Waals surface area contributed by atoms with E-state index in [2.05, 4.69) is 15.0 Å². The number of nitrogens with one attached hydrogen (secondary N) is 2. The lowest BCUT2D eigenvalue weighted by Gasteiger charge is -2.13. The Bertz CT molecular complexity index is 1110. The second kappa shape index (κ2) is 7.45. The summed E-state index contributed by atoms with van der Waals surface area (Å²) in [7, 11) is -4.00. The predicted molar refractivity (Wildman–Crippen MR) is 103 cm³/mol. The predicted octanol–water partition coefficient (Wildman–Crippen LogP) is 3.95. The number of para-hydroxylation sites is 1. The van der Waals surface area contributed by atoms with E-state index in [1.165, 1.54) is 36.5 Å². The SMILES string of the molecule is Cc1cnc(NC(=O)c2ccccc2NS(=O)(=O)c2ccc(F)cc2C)s1. The summed E-state index contributed by atoms with van der Waals surface area (Å²) >= 11 is 1.31. The first kappa shape index (κ1) is 19.0. The van der Waals surface area contributed by atoms with Gasteiger partial charge in [0.05, 0.1) is 16.1 Å². The van der Waals surface area contributed by atoms with Gasteiger partial charge < -0.3 is 0 Å². The van der Waals surface area contributed by atoms with Crippen molar-refractivity contribution in [3.63, 3.8) is 0 Å². The molecule has 27 heavy (non-hydrogen) atoms.